The molecule has 1 aliphatic carbocycles. The highest BCUT2D eigenvalue weighted by Crippen LogP contribution is 2.40. The van der Waals surface area contributed by atoms with Crippen molar-refractivity contribution in [2.24, 2.45) is 10.4 Å². The number of hydrogen-bond donors (Lipinski definition) is 2. The van der Waals surface area contributed by atoms with Crippen LogP contribution in [0.2, 0.25) is 0 Å². The highest BCUT2D eigenvalue weighted by molar-refractivity contribution is 6.01. The van der Waals surface area contributed by atoms with Crippen molar-refractivity contribution in [3.8, 4) is 5.75 Å². The number of nitrogens with zero attached hydrogens (tertiary/aromatic N) is 5. The highest BCUT2D eigenvalue weighted by atomic mass is 16.5. The number of carbonyl (C=O) groups excluding carboxylic acids is 1. The van der Waals surface area contributed by atoms with Crippen LogP contribution in [-0.4, -0.2) is 61.5 Å². The second-order valence-corrected chi connectivity index (χ2v) is 9.91. The van der Waals surface area contributed by atoms with Gasteiger partial charge in [0.15, 0.2) is 5.82 Å². The fourth-order valence-electron chi connectivity index (χ4n) is 5.18. The maximum absolute atomic E-state index is 13.2. The molecule has 3 aliphatic rings. The SMILES string of the molecule is COc1cc(C2=NCCN2)ccc1Nc1ncc2c(n1)N(C1CCCC1)CC(C)(C)C(=O)N2C. The molecule has 0 unspecified atom stereocenters. The Morgan fingerprint density at radius 1 is 1.24 bits per heavy atom. The van der Waals surface area contributed by atoms with E-state index in [-0.39, 0.29) is 5.91 Å². The lowest BCUT2D eigenvalue weighted by Gasteiger charge is -2.34. The van der Waals surface area contributed by atoms with Crippen LogP contribution in [0.5, 0.6) is 5.75 Å². The molecule has 0 atom stereocenters. The molecule has 1 amide bonds. The van der Waals surface area contributed by atoms with Crippen molar-refractivity contribution in [2.45, 2.75) is 45.6 Å². The molecule has 9 heteroatoms. The van der Waals surface area contributed by atoms with Gasteiger partial charge in [0.05, 0.1) is 31.0 Å². The molecule has 0 saturated heterocycles. The van der Waals surface area contributed by atoms with Crippen molar-refractivity contribution in [1.82, 2.24) is 15.3 Å². The van der Waals surface area contributed by atoms with Gasteiger partial charge in [0, 0.05) is 31.7 Å². The van der Waals surface area contributed by atoms with Gasteiger partial charge in [-0.1, -0.05) is 12.8 Å². The minimum atomic E-state index is -0.512. The van der Waals surface area contributed by atoms with E-state index >= 15 is 0 Å². The van der Waals surface area contributed by atoms with Crippen LogP contribution in [0.4, 0.5) is 23.1 Å². The predicted octanol–water partition coefficient (Wildman–Crippen LogP) is 3.33. The summed E-state index contributed by atoms with van der Waals surface area (Å²) in [6.45, 7) is 6.31. The summed E-state index contributed by atoms with van der Waals surface area (Å²) in [5.74, 6) is 2.94. The van der Waals surface area contributed by atoms with E-state index in [1.165, 1.54) is 12.8 Å². The van der Waals surface area contributed by atoms with Crippen molar-refractivity contribution in [1.29, 1.82) is 0 Å². The Morgan fingerprint density at radius 2 is 2.03 bits per heavy atom. The Hall–Kier alpha value is -3.36. The van der Waals surface area contributed by atoms with Gasteiger partial charge in [0.25, 0.3) is 0 Å². The van der Waals surface area contributed by atoms with Crippen LogP contribution in [0, 0.1) is 5.41 Å². The Bertz CT molecular complexity index is 1120. The molecule has 180 valence electrons. The molecular weight excluding hydrogens is 430 g/mol. The summed E-state index contributed by atoms with van der Waals surface area (Å²) >= 11 is 0. The maximum atomic E-state index is 13.2. The van der Waals surface area contributed by atoms with Crippen molar-refractivity contribution >= 4 is 34.9 Å². The molecule has 0 bridgehead atoms. The van der Waals surface area contributed by atoms with E-state index in [9.17, 15) is 4.79 Å². The Balaban J connectivity index is 1.50. The molecule has 0 spiro atoms. The Labute approximate surface area is 200 Å². The lowest BCUT2D eigenvalue weighted by molar-refractivity contribution is -0.125. The predicted molar refractivity (Wildman–Crippen MR) is 135 cm³/mol. The van der Waals surface area contributed by atoms with Crippen LogP contribution < -0.4 is 25.2 Å². The van der Waals surface area contributed by atoms with Gasteiger partial charge < -0.3 is 25.2 Å². The van der Waals surface area contributed by atoms with Crippen LogP contribution in [0.25, 0.3) is 0 Å². The lowest BCUT2D eigenvalue weighted by Crippen LogP contribution is -2.45. The minimum Gasteiger partial charge on any atom is -0.495 e. The summed E-state index contributed by atoms with van der Waals surface area (Å²) in [5, 5.41) is 6.62. The van der Waals surface area contributed by atoms with Crippen LogP contribution in [0.3, 0.4) is 0 Å². The molecule has 9 nitrogen and oxygen atoms in total. The van der Waals surface area contributed by atoms with Crippen LogP contribution in [-0.2, 0) is 4.79 Å². The van der Waals surface area contributed by atoms with Crippen molar-refractivity contribution in [3.63, 3.8) is 0 Å². The van der Waals surface area contributed by atoms with Gasteiger partial charge in [-0.05, 0) is 44.9 Å². The first-order valence-corrected chi connectivity index (χ1v) is 12.0. The summed E-state index contributed by atoms with van der Waals surface area (Å²) in [6, 6.07) is 6.31. The van der Waals surface area contributed by atoms with Crippen molar-refractivity contribution in [2.75, 3.05) is 48.9 Å². The third kappa shape index (κ3) is 4.03. The summed E-state index contributed by atoms with van der Waals surface area (Å²) in [6.07, 6.45) is 6.41. The number of benzene rings is 1. The number of rotatable bonds is 5. The molecule has 2 aliphatic heterocycles. The number of amidine groups is 1. The number of carbonyl (C=O) groups is 1. The minimum absolute atomic E-state index is 0.0826. The number of aliphatic imine (C=N–C) groups is 1. The van der Waals surface area contributed by atoms with Crippen LogP contribution in [0.15, 0.2) is 29.4 Å². The molecular formula is C25H33N7O2. The van der Waals surface area contributed by atoms with Gasteiger partial charge >= 0.3 is 0 Å². The first kappa shape index (κ1) is 22.4. The standard InChI is InChI=1S/C25H33N7O2/c1-25(2)15-32(17-7-5-6-8-17)22-19(31(3)23(25)33)14-28-24(30-22)29-18-10-9-16(13-20(18)34-4)21-26-11-12-27-21/h9-10,13-14,17H,5-8,11-12,15H2,1-4H3,(H,26,27)(H,28,29,30). The number of amides is 1. The van der Waals surface area contributed by atoms with Crippen molar-refractivity contribution < 1.29 is 9.53 Å². The fraction of sp³-hybridized carbons (Fsp3) is 0.520. The second kappa shape index (κ2) is 8.77. The van der Waals surface area contributed by atoms with E-state index in [4.69, 9.17) is 9.72 Å². The van der Waals surface area contributed by atoms with E-state index in [1.54, 1.807) is 18.2 Å². The molecule has 1 aromatic heterocycles. The summed E-state index contributed by atoms with van der Waals surface area (Å²) < 4.78 is 5.65. The van der Waals surface area contributed by atoms with E-state index in [1.807, 2.05) is 39.1 Å². The van der Waals surface area contributed by atoms with Crippen LogP contribution >= 0.6 is 0 Å². The number of nitrogens with one attached hydrogen (secondary N) is 2. The lowest BCUT2D eigenvalue weighted by atomic mass is 9.91. The third-order valence-electron chi connectivity index (χ3n) is 6.99. The first-order chi connectivity index (χ1) is 16.4. The normalized spacial score (nSPS) is 20.0. The fourth-order valence-corrected chi connectivity index (χ4v) is 5.18. The molecule has 1 fully saturated rings. The zero-order valence-corrected chi connectivity index (χ0v) is 20.4. The average molecular weight is 464 g/mol. The molecule has 34 heavy (non-hydrogen) atoms. The van der Waals surface area contributed by atoms with E-state index in [0.29, 0.717) is 24.3 Å². The monoisotopic (exact) mass is 463 g/mol. The topological polar surface area (TPSA) is 95.0 Å². The van der Waals surface area contributed by atoms with Gasteiger partial charge in [-0.25, -0.2) is 4.98 Å². The molecule has 5 rings (SSSR count). The van der Waals surface area contributed by atoms with Gasteiger partial charge in [-0.15, -0.1) is 0 Å². The Morgan fingerprint density at radius 3 is 2.74 bits per heavy atom. The average Bonchev–Trinajstić information content (AvgIpc) is 3.55. The quantitative estimate of drug-likeness (QED) is 0.702. The number of methoxy groups -OCH3 is 1. The van der Waals surface area contributed by atoms with Gasteiger partial charge in [-0.3, -0.25) is 9.79 Å². The van der Waals surface area contributed by atoms with Gasteiger partial charge in [0.2, 0.25) is 11.9 Å². The third-order valence-corrected chi connectivity index (χ3v) is 6.99. The van der Waals surface area contributed by atoms with E-state index in [0.717, 1.165) is 54.5 Å². The van der Waals surface area contributed by atoms with E-state index < -0.39 is 5.41 Å². The molecule has 2 N–H and O–H groups in total. The highest BCUT2D eigenvalue weighted by Gasteiger charge is 2.41. The molecule has 3 heterocycles. The number of aromatic nitrogens is 2. The second-order valence-electron chi connectivity index (χ2n) is 9.91. The van der Waals surface area contributed by atoms with Crippen LogP contribution in [0.1, 0.15) is 45.1 Å². The summed E-state index contributed by atoms with van der Waals surface area (Å²) in [4.78, 5) is 31.2. The van der Waals surface area contributed by atoms with Crippen molar-refractivity contribution in [3.05, 3.63) is 30.0 Å². The molecule has 2 aromatic rings. The summed E-state index contributed by atoms with van der Waals surface area (Å²) in [7, 11) is 3.47. The molecule has 0 radical (unpaired) electrons. The molecule has 1 saturated carbocycles. The zero-order valence-electron chi connectivity index (χ0n) is 20.4. The number of anilines is 4. The number of ether oxygens (including phenoxy) is 1. The Kier molecular flexibility index (Phi) is 5.79. The van der Waals surface area contributed by atoms with Gasteiger partial charge in [-0.2, -0.15) is 4.98 Å². The largest absolute Gasteiger partial charge is 0.495 e. The smallest absolute Gasteiger partial charge is 0.234 e. The van der Waals surface area contributed by atoms with Gasteiger partial charge in [0.1, 0.15) is 17.3 Å². The number of fused-ring (bicyclic) bond motifs is 1. The summed E-state index contributed by atoms with van der Waals surface area (Å²) in [5.41, 5.74) is 2.00. The maximum Gasteiger partial charge on any atom is 0.234 e. The van der Waals surface area contributed by atoms with E-state index in [2.05, 4.69) is 25.5 Å². The zero-order chi connectivity index (χ0) is 23.9. The number of hydrogen-bond acceptors (Lipinski definition) is 8. The molecule has 1 aromatic carbocycles. The first-order valence-electron chi connectivity index (χ1n) is 12.0.